The highest BCUT2D eigenvalue weighted by Gasteiger charge is 2.28. The first-order valence-corrected chi connectivity index (χ1v) is 8.83. The van der Waals surface area contributed by atoms with E-state index in [2.05, 4.69) is 0 Å². The second-order valence-electron chi connectivity index (χ2n) is 4.58. The van der Waals surface area contributed by atoms with Gasteiger partial charge in [-0.05, 0) is 44.0 Å². The van der Waals surface area contributed by atoms with Crippen LogP contribution in [0.2, 0.25) is 0 Å². The minimum Gasteiger partial charge on any atom is -0.325 e. The summed E-state index contributed by atoms with van der Waals surface area (Å²) >= 11 is 0. The fourth-order valence-electron chi connectivity index (χ4n) is 2.39. The lowest BCUT2D eigenvalue weighted by Gasteiger charge is -2.26. The van der Waals surface area contributed by atoms with Crippen molar-refractivity contribution in [1.29, 1.82) is 0 Å². The molecular weight excluding hydrogens is 300 g/mol. The average Bonchev–Trinajstić information content (AvgIpc) is 2.81. The van der Waals surface area contributed by atoms with E-state index in [1.165, 1.54) is 6.07 Å². The van der Waals surface area contributed by atoms with Crippen LogP contribution in [0.5, 0.6) is 0 Å². The van der Waals surface area contributed by atoms with Crippen molar-refractivity contribution in [3.8, 4) is 0 Å². The summed E-state index contributed by atoms with van der Waals surface area (Å²) in [6, 6.07) is 4.59. The third-order valence-electron chi connectivity index (χ3n) is 3.49. The molecular formula is C13H17ClN2O3S. The molecule has 2 amide bonds. The number of rotatable bonds is 3. The molecule has 20 heavy (non-hydrogen) atoms. The number of fused-ring (bicyclic) bond motifs is 1. The van der Waals surface area contributed by atoms with Crippen molar-refractivity contribution in [2.45, 2.75) is 25.2 Å². The number of amides is 2. The normalized spacial score (nSPS) is 14.2. The zero-order chi connectivity index (χ0) is 14.9. The monoisotopic (exact) mass is 316 g/mol. The standard InChI is InChI=1S/C13H17ClN2O3S/c1-3-15(4-2)13(17)16-8-7-10-9-11(20(14,18)19)5-6-12(10)16/h5-6,9H,3-4,7-8H2,1-2H3. The first kappa shape index (κ1) is 15.1. The maximum atomic E-state index is 12.4. The van der Waals surface area contributed by atoms with Gasteiger partial charge in [0.1, 0.15) is 0 Å². The van der Waals surface area contributed by atoms with E-state index in [1.54, 1.807) is 21.9 Å². The largest absolute Gasteiger partial charge is 0.325 e. The third-order valence-corrected chi connectivity index (χ3v) is 4.84. The van der Waals surface area contributed by atoms with Crippen LogP contribution < -0.4 is 4.90 Å². The molecule has 1 aromatic carbocycles. The fourth-order valence-corrected chi connectivity index (χ4v) is 3.19. The van der Waals surface area contributed by atoms with E-state index in [1.807, 2.05) is 13.8 Å². The summed E-state index contributed by atoms with van der Waals surface area (Å²) in [5, 5.41) is 0. The van der Waals surface area contributed by atoms with E-state index in [0.717, 1.165) is 11.3 Å². The molecule has 0 spiro atoms. The Kier molecular flexibility index (Phi) is 4.25. The summed E-state index contributed by atoms with van der Waals surface area (Å²) in [6.07, 6.45) is 0.641. The Morgan fingerprint density at radius 2 is 2.00 bits per heavy atom. The van der Waals surface area contributed by atoms with Gasteiger partial charge in [-0.25, -0.2) is 13.2 Å². The Hall–Kier alpha value is -1.27. The van der Waals surface area contributed by atoms with E-state index in [-0.39, 0.29) is 10.9 Å². The number of benzene rings is 1. The van der Waals surface area contributed by atoms with Crippen LogP contribution in [0.1, 0.15) is 19.4 Å². The molecule has 5 nitrogen and oxygen atoms in total. The number of hydrogen-bond acceptors (Lipinski definition) is 3. The number of halogens is 1. The molecule has 110 valence electrons. The van der Waals surface area contributed by atoms with Crippen molar-refractivity contribution >= 4 is 31.5 Å². The van der Waals surface area contributed by atoms with E-state index in [0.29, 0.717) is 26.1 Å². The Morgan fingerprint density at radius 1 is 1.35 bits per heavy atom. The fraction of sp³-hybridized carbons (Fsp3) is 0.462. The molecule has 0 radical (unpaired) electrons. The number of carbonyl (C=O) groups is 1. The van der Waals surface area contributed by atoms with Crippen LogP contribution in [0.15, 0.2) is 23.1 Å². The summed E-state index contributed by atoms with van der Waals surface area (Å²) < 4.78 is 22.7. The lowest BCUT2D eigenvalue weighted by atomic mass is 10.2. The van der Waals surface area contributed by atoms with Gasteiger partial charge in [0.05, 0.1) is 4.90 Å². The van der Waals surface area contributed by atoms with E-state index in [9.17, 15) is 13.2 Å². The minimum absolute atomic E-state index is 0.0461. The van der Waals surface area contributed by atoms with Crippen molar-refractivity contribution in [3.63, 3.8) is 0 Å². The quantitative estimate of drug-likeness (QED) is 0.805. The molecule has 0 fully saturated rings. The summed E-state index contributed by atoms with van der Waals surface area (Å²) in [4.78, 5) is 15.9. The van der Waals surface area contributed by atoms with E-state index in [4.69, 9.17) is 10.7 Å². The predicted molar refractivity (Wildman–Crippen MR) is 78.8 cm³/mol. The first-order valence-electron chi connectivity index (χ1n) is 6.52. The average molecular weight is 317 g/mol. The number of nitrogens with zero attached hydrogens (tertiary/aromatic N) is 2. The van der Waals surface area contributed by atoms with Gasteiger partial charge in [0.15, 0.2) is 0 Å². The van der Waals surface area contributed by atoms with Gasteiger partial charge >= 0.3 is 6.03 Å². The van der Waals surface area contributed by atoms with Crippen LogP contribution in [0.25, 0.3) is 0 Å². The topological polar surface area (TPSA) is 57.7 Å². The van der Waals surface area contributed by atoms with Gasteiger partial charge in [0.25, 0.3) is 9.05 Å². The van der Waals surface area contributed by atoms with Gasteiger partial charge in [0.2, 0.25) is 0 Å². The Bertz CT molecular complexity index is 627. The van der Waals surface area contributed by atoms with Crippen LogP contribution in [0.4, 0.5) is 10.5 Å². The molecule has 7 heteroatoms. The molecule has 1 heterocycles. The Morgan fingerprint density at radius 3 is 2.55 bits per heavy atom. The van der Waals surface area contributed by atoms with Gasteiger partial charge in [0, 0.05) is 36.0 Å². The second-order valence-corrected chi connectivity index (χ2v) is 7.15. The first-order chi connectivity index (χ1) is 9.38. The number of carbonyl (C=O) groups excluding carboxylic acids is 1. The van der Waals surface area contributed by atoms with Crippen molar-refractivity contribution < 1.29 is 13.2 Å². The highest BCUT2D eigenvalue weighted by molar-refractivity contribution is 8.13. The van der Waals surface area contributed by atoms with Crippen molar-refractivity contribution in [3.05, 3.63) is 23.8 Å². The van der Waals surface area contributed by atoms with E-state index >= 15 is 0 Å². The smallest absolute Gasteiger partial charge is 0.324 e. The highest BCUT2D eigenvalue weighted by Crippen LogP contribution is 2.31. The number of anilines is 1. The summed E-state index contributed by atoms with van der Waals surface area (Å²) in [7, 11) is 1.61. The molecule has 1 aliphatic rings. The van der Waals surface area contributed by atoms with Gasteiger partial charge in [-0.3, -0.25) is 4.90 Å². The van der Waals surface area contributed by atoms with Crippen LogP contribution in [0, 0.1) is 0 Å². The lowest BCUT2D eigenvalue weighted by molar-refractivity contribution is 0.210. The molecule has 0 saturated heterocycles. The van der Waals surface area contributed by atoms with Crippen molar-refractivity contribution in [2.75, 3.05) is 24.5 Å². The Balaban J connectivity index is 2.33. The zero-order valence-electron chi connectivity index (χ0n) is 11.5. The maximum absolute atomic E-state index is 12.4. The van der Waals surface area contributed by atoms with Crippen molar-refractivity contribution in [1.82, 2.24) is 4.90 Å². The Labute approximate surface area is 123 Å². The van der Waals surface area contributed by atoms with Gasteiger partial charge < -0.3 is 4.90 Å². The summed E-state index contributed by atoms with van der Waals surface area (Å²) in [5.74, 6) is 0. The highest BCUT2D eigenvalue weighted by atomic mass is 35.7. The van der Waals surface area contributed by atoms with Crippen LogP contribution in [0.3, 0.4) is 0 Å². The third kappa shape index (κ3) is 2.76. The molecule has 1 aromatic rings. The number of urea groups is 1. The SMILES string of the molecule is CCN(CC)C(=O)N1CCc2cc(S(=O)(=O)Cl)ccc21. The van der Waals surface area contributed by atoms with Crippen LogP contribution >= 0.6 is 10.7 Å². The molecule has 0 atom stereocenters. The lowest BCUT2D eigenvalue weighted by Crippen LogP contribution is -2.42. The zero-order valence-corrected chi connectivity index (χ0v) is 13.0. The van der Waals surface area contributed by atoms with Gasteiger partial charge in [-0.15, -0.1) is 0 Å². The van der Waals surface area contributed by atoms with Crippen molar-refractivity contribution in [2.24, 2.45) is 0 Å². The van der Waals surface area contributed by atoms with Crippen LogP contribution in [-0.4, -0.2) is 39.0 Å². The van der Waals surface area contributed by atoms with Crippen LogP contribution in [-0.2, 0) is 15.5 Å². The molecule has 0 aliphatic carbocycles. The minimum atomic E-state index is -3.73. The second kappa shape index (κ2) is 5.61. The molecule has 1 aliphatic heterocycles. The molecule has 2 rings (SSSR count). The number of hydrogen-bond donors (Lipinski definition) is 0. The molecule has 0 unspecified atom stereocenters. The predicted octanol–water partition coefficient (Wildman–Crippen LogP) is 2.44. The van der Waals surface area contributed by atoms with E-state index < -0.39 is 9.05 Å². The van der Waals surface area contributed by atoms with Gasteiger partial charge in [-0.2, -0.15) is 0 Å². The summed E-state index contributed by atoms with van der Waals surface area (Å²) in [6.45, 7) is 5.73. The molecule has 0 N–H and O–H groups in total. The summed E-state index contributed by atoms with van der Waals surface area (Å²) in [5.41, 5.74) is 1.61. The maximum Gasteiger partial charge on any atom is 0.324 e. The molecule has 0 aromatic heterocycles. The molecule has 0 saturated carbocycles. The van der Waals surface area contributed by atoms with Gasteiger partial charge in [-0.1, -0.05) is 0 Å². The molecule has 0 bridgehead atoms.